The minimum absolute atomic E-state index is 0.161. The summed E-state index contributed by atoms with van der Waals surface area (Å²) in [6, 6.07) is 13.2. The Bertz CT molecular complexity index is 1230. The average molecular weight is 455 g/mol. The van der Waals surface area contributed by atoms with Gasteiger partial charge in [0.1, 0.15) is 5.69 Å². The summed E-state index contributed by atoms with van der Waals surface area (Å²) in [5, 5.41) is 16.9. The van der Waals surface area contributed by atoms with Crippen LogP contribution in [0.25, 0.3) is 11.3 Å². The maximum absolute atomic E-state index is 12.7. The van der Waals surface area contributed by atoms with E-state index in [1.807, 2.05) is 6.07 Å². The van der Waals surface area contributed by atoms with Gasteiger partial charge in [0, 0.05) is 17.8 Å². The molecule has 0 atom stereocenters. The van der Waals surface area contributed by atoms with Gasteiger partial charge in [-0.25, -0.2) is 4.79 Å². The van der Waals surface area contributed by atoms with Gasteiger partial charge in [0.25, 0.3) is 5.91 Å². The van der Waals surface area contributed by atoms with Gasteiger partial charge >= 0.3 is 6.03 Å². The number of hydrogen-bond acceptors (Lipinski definition) is 4. The average Bonchev–Trinajstić information content (AvgIpc) is 3.15. The number of nitrogens with two attached hydrogens (primary N) is 1. The number of carbonyl (C=O) groups excluding carboxylic acids is 2. The molecule has 0 unspecified atom stereocenters. The highest BCUT2D eigenvalue weighted by Gasteiger charge is 2.29. The standard InChI is InChI=1S/C21H16Cl2N6O2/c22-15-6-3-13(9-16(15)23)19-18(20(25)30)17-11-28(7-8-29(17)27-19)21(31)26-14-4-1-12(10-24)2-5-14/h1-6,9H,7-8,11H2,(H2,25,30)(H,26,31). The molecule has 0 fully saturated rings. The Morgan fingerprint density at radius 3 is 2.48 bits per heavy atom. The molecule has 1 aromatic heterocycles. The topological polar surface area (TPSA) is 117 Å². The zero-order valence-corrected chi connectivity index (χ0v) is 17.6. The Labute approximate surface area is 187 Å². The minimum atomic E-state index is -0.642. The lowest BCUT2D eigenvalue weighted by Crippen LogP contribution is -2.41. The van der Waals surface area contributed by atoms with Gasteiger partial charge < -0.3 is 16.0 Å². The third kappa shape index (κ3) is 4.06. The molecule has 1 aliphatic rings. The van der Waals surface area contributed by atoms with E-state index in [2.05, 4.69) is 10.4 Å². The molecule has 4 rings (SSSR count). The first kappa shape index (κ1) is 20.7. The van der Waals surface area contributed by atoms with E-state index in [0.29, 0.717) is 51.3 Å². The number of aromatic nitrogens is 2. The van der Waals surface area contributed by atoms with Crippen LogP contribution in [0.15, 0.2) is 42.5 Å². The van der Waals surface area contributed by atoms with Crippen LogP contribution in [0.1, 0.15) is 21.6 Å². The summed E-state index contributed by atoms with van der Waals surface area (Å²) < 4.78 is 1.68. The number of anilines is 1. The molecule has 3 N–H and O–H groups in total. The van der Waals surface area contributed by atoms with E-state index in [4.69, 9.17) is 34.2 Å². The summed E-state index contributed by atoms with van der Waals surface area (Å²) in [5.41, 5.74) is 8.53. The minimum Gasteiger partial charge on any atom is -0.365 e. The molecule has 3 amide bonds. The quantitative estimate of drug-likeness (QED) is 0.624. The fourth-order valence-electron chi connectivity index (χ4n) is 3.43. The van der Waals surface area contributed by atoms with E-state index in [-0.39, 0.29) is 18.1 Å². The number of carbonyl (C=O) groups is 2. The molecule has 8 nitrogen and oxygen atoms in total. The van der Waals surface area contributed by atoms with Gasteiger partial charge in [-0.05, 0) is 36.4 Å². The maximum Gasteiger partial charge on any atom is 0.322 e. The number of primary amides is 1. The summed E-state index contributed by atoms with van der Waals surface area (Å²) in [5.74, 6) is -0.642. The summed E-state index contributed by atoms with van der Waals surface area (Å²) in [6.07, 6.45) is 0. The zero-order chi connectivity index (χ0) is 22.1. The summed E-state index contributed by atoms with van der Waals surface area (Å²) in [7, 11) is 0. The molecule has 0 aliphatic carbocycles. The summed E-state index contributed by atoms with van der Waals surface area (Å²) >= 11 is 12.1. The van der Waals surface area contributed by atoms with Crippen LogP contribution < -0.4 is 11.1 Å². The Balaban J connectivity index is 1.61. The van der Waals surface area contributed by atoms with Crippen LogP contribution in [0.3, 0.4) is 0 Å². The molecule has 0 radical (unpaired) electrons. The van der Waals surface area contributed by atoms with Gasteiger partial charge in [-0.2, -0.15) is 10.4 Å². The Morgan fingerprint density at radius 1 is 1.10 bits per heavy atom. The Morgan fingerprint density at radius 2 is 1.84 bits per heavy atom. The van der Waals surface area contributed by atoms with Crippen LogP contribution in [-0.2, 0) is 13.1 Å². The number of hydrogen-bond donors (Lipinski definition) is 2. The van der Waals surface area contributed by atoms with Crippen LogP contribution >= 0.6 is 23.2 Å². The molecule has 31 heavy (non-hydrogen) atoms. The van der Waals surface area contributed by atoms with Crippen molar-refractivity contribution in [3.63, 3.8) is 0 Å². The van der Waals surface area contributed by atoms with E-state index in [1.165, 1.54) is 0 Å². The molecule has 0 bridgehead atoms. The summed E-state index contributed by atoms with van der Waals surface area (Å²) in [6.45, 7) is 0.961. The number of benzene rings is 2. The van der Waals surface area contributed by atoms with Crippen LogP contribution in [0.2, 0.25) is 10.0 Å². The largest absolute Gasteiger partial charge is 0.365 e. The van der Waals surface area contributed by atoms with Crippen molar-refractivity contribution in [1.82, 2.24) is 14.7 Å². The van der Waals surface area contributed by atoms with Gasteiger partial charge in [0.05, 0.1) is 46.0 Å². The van der Waals surface area contributed by atoms with Crippen molar-refractivity contribution in [2.75, 3.05) is 11.9 Å². The smallest absolute Gasteiger partial charge is 0.322 e. The third-order valence-corrected chi connectivity index (χ3v) is 5.71. The molecule has 0 spiro atoms. The number of nitrogens with one attached hydrogen (secondary N) is 1. The fourth-order valence-corrected chi connectivity index (χ4v) is 3.72. The maximum atomic E-state index is 12.7. The Kier molecular flexibility index (Phi) is 5.55. The van der Waals surface area contributed by atoms with Crippen molar-refractivity contribution in [2.24, 2.45) is 5.73 Å². The number of fused-ring (bicyclic) bond motifs is 1. The van der Waals surface area contributed by atoms with Crippen molar-refractivity contribution >= 4 is 40.8 Å². The normalized spacial score (nSPS) is 12.7. The molecule has 0 saturated heterocycles. The van der Waals surface area contributed by atoms with E-state index >= 15 is 0 Å². The lowest BCUT2D eigenvalue weighted by atomic mass is 10.0. The number of urea groups is 1. The molecule has 156 valence electrons. The SMILES string of the molecule is N#Cc1ccc(NC(=O)N2CCn3nc(-c4ccc(Cl)c(Cl)c4)c(C(N)=O)c3C2)cc1. The van der Waals surface area contributed by atoms with E-state index < -0.39 is 5.91 Å². The second-order valence-corrected chi connectivity index (χ2v) is 7.74. The van der Waals surface area contributed by atoms with E-state index in [9.17, 15) is 9.59 Å². The van der Waals surface area contributed by atoms with Crippen LogP contribution in [-0.4, -0.2) is 33.2 Å². The highest BCUT2D eigenvalue weighted by atomic mass is 35.5. The third-order valence-electron chi connectivity index (χ3n) is 4.97. The first-order valence-electron chi connectivity index (χ1n) is 9.28. The van der Waals surface area contributed by atoms with Crippen molar-refractivity contribution in [3.8, 4) is 17.3 Å². The van der Waals surface area contributed by atoms with Crippen molar-refractivity contribution in [2.45, 2.75) is 13.1 Å². The first-order chi connectivity index (χ1) is 14.9. The van der Waals surface area contributed by atoms with Crippen molar-refractivity contribution < 1.29 is 9.59 Å². The highest BCUT2D eigenvalue weighted by molar-refractivity contribution is 6.42. The molecular weight excluding hydrogens is 439 g/mol. The number of rotatable bonds is 3. The second kappa shape index (κ2) is 8.30. The molecular formula is C21H16Cl2N6O2. The van der Waals surface area contributed by atoms with Crippen molar-refractivity contribution in [3.05, 3.63) is 69.3 Å². The number of amides is 3. The monoisotopic (exact) mass is 454 g/mol. The molecule has 2 aromatic carbocycles. The van der Waals surface area contributed by atoms with Crippen LogP contribution in [0.4, 0.5) is 10.5 Å². The van der Waals surface area contributed by atoms with Gasteiger partial charge in [-0.15, -0.1) is 0 Å². The first-order valence-corrected chi connectivity index (χ1v) is 10.0. The molecule has 3 aromatic rings. The van der Waals surface area contributed by atoms with E-state index in [1.54, 1.807) is 52.0 Å². The van der Waals surface area contributed by atoms with E-state index in [0.717, 1.165) is 0 Å². The van der Waals surface area contributed by atoms with Crippen LogP contribution in [0.5, 0.6) is 0 Å². The lowest BCUT2D eigenvalue weighted by molar-refractivity contribution is 0.0997. The Hall–Kier alpha value is -3.54. The van der Waals surface area contributed by atoms with Gasteiger partial charge in [0.2, 0.25) is 0 Å². The van der Waals surface area contributed by atoms with Gasteiger partial charge in [-0.3, -0.25) is 9.48 Å². The highest BCUT2D eigenvalue weighted by Crippen LogP contribution is 2.32. The van der Waals surface area contributed by atoms with Crippen LogP contribution in [0, 0.1) is 11.3 Å². The number of halogens is 2. The molecule has 10 heteroatoms. The predicted octanol–water partition coefficient (Wildman–Crippen LogP) is 3.88. The fraction of sp³-hybridized carbons (Fsp3) is 0.143. The summed E-state index contributed by atoms with van der Waals surface area (Å²) in [4.78, 5) is 26.6. The lowest BCUT2D eigenvalue weighted by Gasteiger charge is -2.28. The zero-order valence-electron chi connectivity index (χ0n) is 16.1. The molecule has 0 saturated carbocycles. The number of nitriles is 1. The molecule has 2 heterocycles. The number of nitrogens with zero attached hydrogens (tertiary/aromatic N) is 4. The van der Waals surface area contributed by atoms with Gasteiger partial charge in [-0.1, -0.05) is 29.3 Å². The predicted molar refractivity (Wildman–Crippen MR) is 117 cm³/mol. The molecule has 1 aliphatic heterocycles. The van der Waals surface area contributed by atoms with Gasteiger partial charge in [0.15, 0.2) is 0 Å². The second-order valence-electron chi connectivity index (χ2n) is 6.93. The van der Waals surface area contributed by atoms with Crippen molar-refractivity contribution in [1.29, 1.82) is 5.26 Å².